The third-order valence-electron chi connectivity index (χ3n) is 3.04. The fraction of sp³-hybridized carbons (Fsp3) is 0.769. The van der Waals surface area contributed by atoms with Crippen LogP contribution in [0.3, 0.4) is 0 Å². The van der Waals surface area contributed by atoms with E-state index in [4.69, 9.17) is 9.47 Å². The lowest BCUT2D eigenvalue weighted by molar-refractivity contribution is 0.176. The van der Waals surface area contributed by atoms with Crippen LogP contribution in [0.15, 0.2) is 11.4 Å². The van der Waals surface area contributed by atoms with Crippen molar-refractivity contribution in [3.63, 3.8) is 0 Å². The molecule has 2 radical (unpaired) electrons. The first kappa shape index (κ1) is 14.3. The van der Waals surface area contributed by atoms with E-state index in [1.807, 2.05) is 0 Å². The average molecular weight is 240 g/mol. The minimum atomic E-state index is 0.800. The molecule has 4 heteroatoms. The van der Waals surface area contributed by atoms with E-state index in [2.05, 4.69) is 30.3 Å². The Morgan fingerprint density at radius 1 is 0.882 bits per heavy atom. The molecule has 1 aliphatic rings. The van der Waals surface area contributed by atoms with Crippen LogP contribution < -0.4 is 0 Å². The maximum Gasteiger partial charge on any atom is 0.208 e. The van der Waals surface area contributed by atoms with Gasteiger partial charge in [0.05, 0.1) is 0 Å². The monoisotopic (exact) mass is 240 g/mol. The Morgan fingerprint density at radius 3 is 1.65 bits per heavy atom. The minimum absolute atomic E-state index is 0.800. The number of methoxy groups -OCH3 is 2. The zero-order valence-electron chi connectivity index (χ0n) is 11.5. The maximum absolute atomic E-state index is 5.07. The quantitative estimate of drug-likeness (QED) is 0.605. The van der Waals surface area contributed by atoms with Crippen LogP contribution in [0.2, 0.25) is 0 Å². The fourth-order valence-electron chi connectivity index (χ4n) is 1.86. The molecule has 0 aromatic rings. The summed E-state index contributed by atoms with van der Waals surface area (Å²) >= 11 is 0. The van der Waals surface area contributed by atoms with Gasteiger partial charge in [0.15, 0.2) is 0 Å². The Bertz CT molecular complexity index is 230. The van der Waals surface area contributed by atoms with Gasteiger partial charge in [0.2, 0.25) is 6.67 Å². The minimum Gasteiger partial charge on any atom is -0.385 e. The first-order chi connectivity index (χ1) is 8.20. The van der Waals surface area contributed by atoms with Crippen LogP contribution in [0.1, 0.15) is 26.7 Å². The van der Waals surface area contributed by atoms with Crippen LogP contribution in [0.4, 0.5) is 0 Å². The van der Waals surface area contributed by atoms with Crippen molar-refractivity contribution in [3.05, 3.63) is 18.1 Å². The summed E-state index contributed by atoms with van der Waals surface area (Å²) in [5, 5.41) is 0. The third-order valence-corrected chi connectivity index (χ3v) is 3.04. The molecule has 1 aliphatic heterocycles. The molecular formula is C13H24N2O2. The highest BCUT2D eigenvalue weighted by atomic mass is 16.5. The summed E-state index contributed by atoms with van der Waals surface area (Å²) in [6.07, 6.45) is 2.06. The molecule has 0 aliphatic carbocycles. The molecule has 0 amide bonds. The van der Waals surface area contributed by atoms with Gasteiger partial charge in [0.1, 0.15) is 0 Å². The zero-order chi connectivity index (χ0) is 12.7. The predicted molar refractivity (Wildman–Crippen MR) is 68.0 cm³/mol. The Balaban J connectivity index is 2.35. The topological polar surface area (TPSA) is 24.9 Å². The third kappa shape index (κ3) is 4.21. The van der Waals surface area contributed by atoms with E-state index in [-0.39, 0.29) is 0 Å². The highest BCUT2D eigenvalue weighted by molar-refractivity contribution is 5.17. The summed E-state index contributed by atoms with van der Waals surface area (Å²) < 4.78 is 10.1. The van der Waals surface area contributed by atoms with Gasteiger partial charge in [-0.25, -0.2) is 0 Å². The van der Waals surface area contributed by atoms with E-state index >= 15 is 0 Å². The number of hydrogen-bond donors (Lipinski definition) is 0. The Kier molecular flexibility index (Phi) is 6.37. The summed E-state index contributed by atoms with van der Waals surface area (Å²) in [6.45, 7) is 11.2. The van der Waals surface area contributed by atoms with Crippen molar-refractivity contribution in [2.45, 2.75) is 26.7 Å². The van der Waals surface area contributed by atoms with E-state index < -0.39 is 0 Å². The highest BCUT2D eigenvalue weighted by Gasteiger charge is 2.24. The second-order valence-corrected chi connectivity index (χ2v) is 4.27. The molecular weight excluding hydrogens is 216 g/mol. The van der Waals surface area contributed by atoms with Crippen molar-refractivity contribution in [1.82, 2.24) is 9.80 Å². The summed E-state index contributed by atoms with van der Waals surface area (Å²) in [6, 6.07) is 0. The normalized spacial score (nSPS) is 16.2. The Morgan fingerprint density at radius 2 is 1.29 bits per heavy atom. The van der Waals surface area contributed by atoms with Crippen molar-refractivity contribution in [1.29, 1.82) is 0 Å². The number of ether oxygens (including phenoxy) is 2. The van der Waals surface area contributed by atoms with E-state index in [0.29, 0.717) is 0 Å². The average Bonchev–Trinajstić information content (AvgIpc) is 2.59. The second-order valence-electron chi connectivity index (χ2n) is 4.27. The van der Waals surface area contributed by atoms with Crippen LogP contribution >= 0.6 is 0 Å². The van der Waals surface area contributed by atoms with E-state index in [0.717, 1.165) is 39.1 Å². The van der Waals surface area contributed by atoms with Gasteiger partial charge in [0.25, 0.3) is 0 Å². The number of rotatable bonds is 8. The Hall–Kier alpha value is -0.740. The summed E-state index contributed by atoms with van der Waals surface area (Å²) in [5.74, 6) is 0. The summed E-state index contributed by atoms with van der Waals surface area (Å²) in [4.78, 5) is 4.36. The molecule has 0 bridgehead atoms. The first-order valence-electron chi connectivity index (χ1n) is 6.17. The molecule has 1 heterocycles. The molecule has 17 heavy (non-hydrogen) atoms. The maximum atomic E-state index is 5.07. The molecule has 4 nitrogen and oxygen atoms in total. The van der Waals surface area contributed by atoms with Crippen LogP contribution in [0.25, 0.3) is 0 Å². The predicted octanol–water partition coefficient (Wildman–Crippen LogP) is 1.92. The molecule has 0 aromatic heterocycles. The molecule has 0 N–H and O–H groups in total. The Labute approximate surface area is 105 Å². The molecule has 0 unspecified atom stereocenters. The van der Waals surface area contributed by atoms with Crippen LogP contribution in [0, 0.1) is 6.67 Å². The molecule has 0 fully saturated rings. The van der Waals surface area contributed by atoms with Gasteiger partial charge in [-0.1, -0.05) is 0 Å². The van der Waals surface area contributed by atoms with E-state index in [1.54, 1.807) is 14.2 Å². The van der Waals surface area contributed by atoms with Gasteiger partial charge < -0.3 is 19.3 Å². The molecule has 0 spiro atoms. The largest absolute Gasteiger partial charge is 0.385 e. The van der Waals surface area contributed by atoms with E-state index in [1.165, 1.54) is 11.4 Å². The van der Waals surface area contributed by atoms with Gasteiger partial charge in [0, 0.05) is 51.9 Å². The lowest BCUT2D eigenvalue weighted by Gasteiger charge is -2.21. The lowest BCUT2D eigenvalue weighted by atomic mass is 10.3. The number of nitrogens with zero attached hydrogens (tertiary/aromatic N) is 2. The van der Waals surface area contributed by atoms with Gasteiger partial charge in [-0.05, 0) is 26.7 Å². The first-order valence-corrected chi connectivity index (χ1v) is 6.17. The van der Waals surface area contributed by atoms with E-state index in [9.17, 15) is 0 Å². The van der Waals surface area contributed by atoms with Crippen molar-refractivity contribution in [2.24, 2.45) is 0 Å². The summed E-state index contributed by atoms with van der Waals surface area (Å²) in [7, 11) is 3.48. The van der Waals surface area contributed by atoms with Gasteiger partial charge >= 0.3 is 0 Å². The van der Waals surface area contributed by atoms with Crippen LogP contribution in [-0.2, 0) is 9.47 Å². The molecule has 1 rings (SSSR count). The smallest absolute Gasteiger partial charge is 0.208 e. The molecule has 0 atom stereocenters. The molecule has 0 saturated carbocycles. The van der Waals surface area contributed by atoms with Crippen LogP contribution in [0.5, 0.6) is 0 Å². The molecule has 98 valence electrons. The lowest BCUT2D eigenvalue weighted by Crippen LogP contribution is -2.24. The van der Waals surface area contributed by atoms with Crippen molar-refractivity contribution in [3.8, 4) is 0 Å². The van der Waals surface area contributed by atoms with Crippen molar-refractivity contribution >= 4 is 0 Å². The fourth-order valence-corrected chi connectivity index (χ4v) is 1.86. The molecule has 0 saturated heterocycles. The number of hydrogen-bond acceptors (Lipinski definition) is 4. The molecule has 0 aromatic carbocycles. The van der Waals surface area contributed by atoms with Gasteiger partial charge in [-0.3, -0.25) is 0 Å². The zero-order valence-corrected chi connectivity index (χ0v) is 11.5. The van der Waals surface area contributed by atoms with Crippen molar-refractivity contribution < 1.29 is 9.47 Å². The highest BCUT2D eigenvalue weighted by Crippen LogP contribution is 2.26. The second kappa shape index (κ2) is 7.56. The summed E-state index contributed by atoms with van der Waals surface area (Å²) in [5.41, 5.74) is 2.58. The SMILES string of the molecule is COCCCN1[C]N(CCCOC)C(C)=C1C. The number of allylic oxidation sites excluding steroid dienone is 2. The van der Waals surface area contributed by atoms with Gasteiger partial charge in [-0.15, -0.1) is 0 Å². The standard InChI is InChI=1S/C13H24N2O2/c1-12-13(2)15(8-6-10-17-4)11-14(12)7-5-9-16-3/h5-10H2,1-4H3. The van der Waals surface area contributed by atoms with Crippen molar-refractivity contribution in [2.75, 3.05) is 40.5 Å². The van der Waals surface area contributed by atoms with Crippen LogP contribution in [-0.4, -0.2) is 50.3 Å². The van der Waals surface area contributed by atoms with Gasteiger partial charge in [-0.2, -0.15) is 0 Å².